The zero-order valence-electron chi connectivity index (χ0n) is 10.2. The summed E-state index contributed by atoms with van der Waals surface area (Å²) < 4.78 is 1.04. The lowest BCUT2D eigenvalue weighted by atomic mass is 9.92. The van der Waals surface area contributed by atoms with Gasteiger partial charge in [0.2, 0.25) is 0 Å². The molecule has 0 aliphatic rings. The van der Waals surface area contributed by atoms with Crippen LogP contribution in [0.3, 0.4) is 0 Å². The smallest absolute Gasteiger partial charge is 0.156 e. The fraction of sp³-hybridized carbons (Fsp3) is 0.462. The first-order valence-electron chi connectivity index (χ1n) is 5.29. The van der Waals surface area contributed by atoms with Gasteiger partial charge in [-0.05, 0) is 45.6 Å². The highest BCUT2D eigenvalue weighted by molar-refractivity contribution is 9.10. The number of ketones is 1. The third kappa shape index (κ3) is 3.16. The van der Waals surface area contributed by atoms with E-state index in [-0.39, 0.29) is 5.78 Å². The van der Waals surface area contributed by atoms with E-state index >= 15 is 0 Å². The normalized spacial score (nSPS) is 11.9. The zero-order valence-corrected chi connectivity index (χ0v) is 11.8. The van der Waals surface area contributed by atoms with Gasteiger partial charge >= 0.3 is 0 Å². The van der Waals surface area contributed by atoms with Crippen LogP contribution in [0.4, 0.5) is 0 Å². The molecule has 1 aromatic carbocycles. The Morgan fingerprint density at radius 2 is 1.75 bits per heavy atom. The number of halogens is 1. The van der Waals surface area contributed by atoms with E-state index < -0.39 is 5.54 Å². The molecule has 0 unspecified atom stereocenters. The van der Waals surface area contributed by atoms with Crippen molar-refractivity contribution in [3.05, 3.63) is 34.3 Å². The molecule has 0 heterocycles. The number of nitrogens with zero attached hydrogens (tertiary/aromatic N) is 1. The molecule has 0 bridgehead atoms. The Labute approximate surface area is 106 Å². The number of Topliss-reactive ketones (excluding diaryl/α,β-unsaturated/α-hetero) is 1. The van der Waals surface area contributed by atoms with Crippen molar-refractivity contribution in [1.29, 1.82) is 0 Å². The standard InChI is InChI=1S/C13H18BrNO/c1-13(2,15(3)4)12(16)9-10-5-7-11(14)8-6-10/h5-8H,9H2,1-4H3. The molecule has 88 valence electrons. The van der Waals surface area contributed by atoms with Gasteiger partial charge in [-0.3, -0.25) is 9.69 Å². The lowest BCUT2D eigenvalue weighted by Crippen LogP contribution is -2.46. The Balaban J connectivity index is 2.75. The fourth-order valence-corrected chi connectivity index (χ4v) is 1.52. The topological polar surface area (TPSA) is 20.3 Å². The SMILES string of the molecule is CN(C)C(C)(C)C(=O)Cc1ccc(Br)cc1. The molecule has 3 heteroatoms. The first kappa shape index (κ1) is 13.4. The molecule has 0 saturated carbocycles. The summed E-state index contributed by atoms with van der Waals surface area (Å²) in [4.78, 5) is 14.1. The first-order chi connectivity index (χ1) is 7.34. The van der Waals surface area contributed by atoms with Crippen molar-refractivity contribution in [2.45, 2.75) is 25.8 Å². The number of likely N-dealkylation sites (N-methyl/N-ethyl adjacent to an activating group) is 1. The minimum Gasteiger partial charge on any atom is -0.298 e. The number of hydrogen-bond acceptors (Lipinski definition) is 2. The monoisotopic (exact) mass is 283 g/mol. The van der Waals surface area contributed by atoms with E-state index in [0.717, 1.165) is 10.0 Å². The molecule has 0 amide bonds. The van der Waals surface area contributed by atoms with Gasteiger partial charge in [-0.2, -0.15) is 0 Å². The van der Waals surface area contributed by atoms with Gasteiger partial charge in [0.05, 0.1) is 5.54 Å². The van der Waals surface area contributed by atoms with Crippen LogP contribution in [0.5, 0.6) is 0 Å². The summed E-state index contributed by atoms with van der Waals surface area (Å²) in [7, 11) is 3.86. The van der Waals surface area contributed by atoms with Crippen LogP contribution in [0.2, 0.25) is 0 Å². The summed E-state index contributed by atoms with van der Waals surface area (Å²) in [6.45, 7) is 3.91. The Morgan fingerprint density at radius 1 is 1.25 bits per heavy atom. The highest BCUT2D eigenvalue weighted by atomic mass is 79.9. The van der Waals surface area contributed by atoms with E-state index in [2.05, 4.69) is 15.9 Å². The van der Waals surface area contributed by atoms with E-state index in [0.29, 0.717) is 6.42 Å². The number of benzene rings is 1. The van der Waals surface area contributed by atoms with Crippen molar-refractivity contribution >= 4 is 21.7 Å². The zero-order chi connectivity index (χ0) is 12.3. The van der Waals surface area contributed by atoms with Crippen molar-refractivity contribution < 1.29 is 4.79 Å². The molecule has 16 heavy (non-hydrogen) atoms. The van der Waals surface area contributed by atoms with Crippen molar-refractivity contribution in [1.82, 2.24) is 4.90 Å². The molecule has 1 aromatic rings. The summed E-state index contributed by atoms with van der Waals surface area (Å²) in [5.74, 6) is 0.236. The van der Waals surface area contributed by atoms with Crippen LogP contribution in [0.15, 0.2) is 28.7 Å². The van der Waals surface area contributed by atoms with E-state index in [4.69, 9.17) is 0 Å². The maximum atomic E-state index is 12.1. The number of rotatable bonds is 4. The third-order valence-electron chi connectivity index (χ3n) is 3.08. The van der Waals surface area contributed by atoms with Gasteiger partial charge in [0.25, 0.3) is 0 Å². The minimum absolute atomic E-state index is 0.236. The summed E-state index contributed by atoms with van der Waals surface area (Å²) in [6, 6.07) is 7.89. The molecule has 0 atom stereocenters. The summed E-state index contributed by atoms with van der Waals surface area (Å²) >= 11 is 3.38. The third-order valence-corrected chi connectivity index (χ3v) is 3.61. The molecule has 0 N–H and O–H groups in total. The molecular formula is C13H18BrNO. The molecule has 0 aromatic heterocycles. The molecule has 0 fully saturated rings. The highest BCUT2D eigenvalue weighted by Crippen LogP contribution is 2.16. The predicted molar refractivity (Wildman–Crippen MR) is 70.6 cm³/mol. The minimum atomic E-state index is -0.410. The van der Waals surface area contributed by atoms with Gasteiger partial charge in [-0.1, -0.05) is 28.1 Å². The second kappa shape index (κ2) is 5.11. The average molecular weight is 284 g/mol. The molecule has 0 aliphatic carbocycles. The predicted octanol–water partition coefficient (Wildman–Crippen LogP) is 2.90. The molecule has 1 rings (SSSR count). The highest BCUT2D eigenvalue weighted by Gasteiger charge is 2.29. The average Bonchev–Trinajstić information content (AvgIpc) is 2.21. The molecule has 0 saturated heterocycles. The van der Waals surface area contributed by atoms with Crippen molar-refractivity contribution in [3.63, 3.8) is 0 Å². The molecule has 0 aliphatic heterocycles. The van der Waals surface area contributed by atoms with Crippen molar-refractivity contribution in [2.75, 3.05) is 14.1 Å². The van der Waals surface area contributed by atoms with Gasteiger partial charge in [0.1, 0.15) is 0 Å². The number of carbonyl (C=O) groups is 1. The number of hydrogen-bond donors (Lipinski definition) is 0. The summed E-state index contributed by atoms with van der Waals surface area (Å²) in [5, 5.41) is 0. The van der Waals surface area contributed by atoms with Gasteiger partial charge in [0, 0.05) is 10.9 Å². The molecule has 0 spiro atoms. The quantitative estimate of drug-likeness (QED) is 0.847. The Morgan fingerprint density at radius 3 is 2.19 bits per heavy atom. The Bertz CT molecular complexity index is 368. The van der Waals surface area contributed by atoms with Gasteiger partial charge in [-0.15, -0.1) is 0 Å². The Kier molecular flexibility index (Phi) is 4.28. The second-order valence-electron chi connectivity index (χ2n) is 4.68. The van der Waals surface area contributed by atoms with Crippen LogP contribution in [-0.4, -0.2) is 30.3 Å². The van der Waals surface area contributed by atoms with Gasteiger partial charge in [-0.25, -0.2) is 0 Å². The van der Waals surface area contributed by atoms with Crippen molar-refractivity contribution in [3.8, 4) is 0 Å². The lowest BCUT2D eigenvalue weighted by molar-refractivity contribution is -0.127. The molecular weight excluding hydrogens is 266 g/mol. The van der Waals surface area contributed by atoms with Crippen LogP contribution in [0.1, 0.15) is 19.4 Å². The maximum absolute atomic E-state index is 12.1. The second-order valence-corrected chi connectivity index (χ2v) is 5.60. The van der Waals surface area contributed by atoms with Crippen LogP contribution in [0.25, 0.3) is 0 Å². The van der Waals surface area contributed by atoms with Gasteiger partial charge in [0.15, 0.2) is 5.78 Å². The lowest BCUT2D eigenvalue weighted by Gasteiger charge is -2.30. The number of carbonyl (C=O) groups excluding carboxylic acids is 1. The summed E-state index contributed by atoms with van der Waals surface area (Å²) in [5.41, 5.74) is 0.649. The largest absolute Gasteiger partial charge is 0.298 e. The van der Waals surface area contributed by atoms with E-state index in [1.165, 1.54) is 0 Å². The van der Waals surface area contributed by atoms with E-state index in [9.17, 15) is 4.79 Å². The van der Waals surface area contributed by atoms with Crippen LogP contribution < -0.4 is 0 Å². The maximum Gasteiger partial charge on any atom is 0.156 e. The Hall–Kier alpha value is -0.670. The van der Waals surface area contributed by atoms with Crippen LogP contribution in [-0.2, 0) is 11.2 Å². The van der Waals surface area contributed by atoms with Gasteiger partial charge < -0.3 is 0 Å². The summed E-state index contributed by atoms with van der Waals surface area (Å²) in [6.07, 6.45) is 0.485. The van der Waals surface area contributed by atoms with Crippen molar-refractivity contribution in [2.24, 2.45) is 0 Å². The van der Waals surface area contributed by atoms with Crippen LogP contribution in [0, 0.1) is 0 Å². The molecule has 2 nitrogen and oxygen atoms in total. The molecule has 0 radical (unpaired) electrons. The van der Waals surface area contributed by atoms with E-state index in [1.807, 2.05) is 57.1 Å². The van der Waals surface area contributed by atoms with Crippen LogP contribution >= 0.6 is 15.9 Å². The fourth-order valence-electron chi connectivity index (χ4n) is 1.25. The first-order valence-corrected chi connectivity index (χ1v) is 6.08. The van der Waals surface area contributed by atoms with E-state index in [1.54, 1.807) is 0 Å².